The molecule has 3 aromatic rings. The molecule has 0 fully saturated rings. The van der Waals surface area contributed by atoms with Crippen LogP contribution in [0.25, 0.3) is 0 Å². The van der Waals surface area contributed by atoms with Gasteiger partial charge in [0.15, 0.2) is 0 Å². The van der Waals surface area contributed by atoms with Gasteiger partial charge in [-0.3, -0.25) is 0 Å². The quantitative estimate of drug-likeness (QED) is 0.620. The van der Waals surface area contributed by atoms with Gasteiger partial charge >= 0.3 is 0 Å². The van der Waals surface area contributed by atoms with E-state index in [-0.39, 0.29) is 0 Å². The normalized spacial score (nSPS) is 10.4. The number of hydrogen-bond acceptors (Lipinski definition) is 5. The van der Waals surface area contributed by atoms with Gasteiger partial charge in [-0.15, -0.1) is 0 Å². The molecule has 0 amide bonds. The Morgan fingerprint density at radius 2 is 1.54 bits per heavy atom. The maximum atomic E-state index is 4.31. The summed E-state index contributed by atoms with van der Waals surface area (Å²) in [5.41, 5.74) is 3.45. The molecule has 0 spiro atoms. The van der Waals surface area contributed by atoms with Gasteiger partial charge in [-0.05, 0) is 43.7 Å². The summed E-state index contributed by atoms with van der Waals surface area (Å²) in [6, 6.07) is 20.6. The zero-order chi connectivity index (χ0) is 18.2. The van der Waals surface area contributed by atoms with Crippen molar-refractivity contribution >= 4 is 23.0 Å². The molecule has 2 aromatic carbocycles. The third-order valence-corrected chi connectivity index (χ3v) is 4.25. The lowest BCUT2D eigenvalue weighted by Gasteiger charge is -2.21. The molecule has 5 nitrogen and oxygen atoms in total. The highest BCUT2D eigenvalue weighted by Crippen LogP contribution is 2.21. The second-order valence-corrected chi connectivity index (χ2v) is 5.97. The highest BCUT2D eigenvalue weighted by molar-refractivity contribution is 5.62. The second-order valence-electron chi connectivity index (χ2n) is 5.97. The topological polar surface area (TPSA) is 53.1 Å². The molecule has 0 saturated carbocycles. The van der Waals surface area contributed by atoms with Crippen LogP contribution in [-0.4, -0.2) is 23.1 Å². The van der Waals surface area contributed by atoms with E-state index >= 15 is 0 Å². The summed E-state index contributed by atoms with van der Waals surface area (Å²) in [6.07, 6.45) is 1.57. The molecule has 0 saturated heterocycles. The van der Waals surface area contributed by atoms with Gasteiger partial charge in [-0.25, -0.2) is 9.97 Å². The Bertz CT molecular complexity index is 798. The van der Waals surface area contributed by atoms with E-state index < -0.39 is 0 Å². The van der Waals surface area contributed by atoms with Gasteiger partial charge in [0.05, 0.1) is 0 Å². The Hall–Kier alpha value is -3.08. The molecule has 0 aliphatic carbocycles. The van der Waals surface area contributed by atoms with Crippen LogP contribution in [0.4, 0.5) is 23.0 Å². The predicted octanol–water partition coefficient (Wildman–Crippen LogP) is 4.68. The molecule has 1 heterocycles. The average molecular weight is 347 g/mol. The number of rotatable bonds is 8. The molecule has 26 heavy (non-hydrogen) atoms. The fourth-order valence-corrected chi connectivity index (χ4v) is 2.80. The van der Waals surface area contributed by atoms with Gasteiger partial charge in [-0.1, -0.05) is 30.3 Å². The Morgan fingerprint density at radius 1 is 0.846 bits per heavy atom. The fraction of sp³-hybridized carbons (Fsp3) is 0.238. The van der Waals surface area contributed by atoms with Crippen LogP contribution in [0.1, 0.15) is 19.4 Å². The Morgan fingerprint density at radius 3 is 2.23 bits per heavy atom. The van der Waals surface area contributed by atoms with Crippen LogP contribution in [0.2, 0.25) is 0 Å². The summed E-state index contributed by atoms with van der Waals surface area (Å²) in [7, 11) is 0. The standard InChI is InChI=1S/C21H25N5/c1-3-26(4-2)19-12-10-18(11-13-19)25-21-14-20(23-16-24-21)22-15-17-8-6-5-7-9-17/h5-14,16H,3-4,15H2,1-2H3,(H2,22,23,24,25). The molecule has 134 valence electrons. The molecule has 2 N–H and O–H groups in total. The summed E-state index contributed by atoms with van der Waals surface area (Å²) in [5.74, 6) is 1.57. The molecule has 0 aliphatic heterocycles. The number of benzene rings is 2. The van der Waals surface area contributed by atoms with E-state index in [2.05, 4.69) is 75.7 Å². The summed E-state index contributed by atoms with van der Waals surface area (Å²) >= 11 is 0. The van der Waals surface area contributed by atoms with E-state index in [1.165, 1.54) is 11.3 Å². The first-order valence-corrected chi connectivity index (χ1v) is 9.00. The predicted molar refractivity (Wildman–Crippen MR) is 109 cm³/mol. The molecule has 0 atom stereocenters. The SMILES string of the molecule is CCN(CC)c1ccc(Nc2cc(NCc3ccccc3)ncn2)cc1. The second kappa shape index (κ2) is 8.85. The van der Waals surface area contributed by atoms with Crippen molar-refractivity contribution in [3.63, 3.8) is 0 Å². The van der Waals surface area contributed by atoms with E-state index in [1.54, 1.807) is 6.33 Å². The lowest BCUT2D eigenvalue weighted by atomic mass is 10.2. The average Bonchev–Trinajstić information content (AvgIpc) is 2.70. The van der Waals surface area contributed by atoms with E-state index in [4.69, 9.17) is 0 Å². The van der Waals surface area contributed by atoms with Crippen LogP contribution >= 0.6 is 0 Å². The van der Waals surface area contributed by atoms with Gasteiger partial charge < -0.3 is 15.5 Å². The minimum atomic E-state index is 0.732. The largest absolute Gasteiger partial charge is 0.372 e. The first kappa shape index (κ1) is 17.7. The first-order valence-electron chi connectivity index (χ1n) is 9.00. The molecule has 5 heteroatoms. The molecule has 0 unspecified atom stereocenters. The van der Waals surface area contributed by atoms with Crippen molar-refractivity contribution in [2.75, 3.05) is 28.6 Å². The summed E-state index contributed by atoms with van der Waals surface area (Å²) in [6.45, 7) is 7.08. The molecule has 1 aromatic heterocycles. The lowest BCUT2D eigenvalue weighted by Crippen LogP contribution is -2.21. The van der Waals surface area contributed by atoms with Crippen LogP contribution in [0, 0.1) is 0 Å². The van der Waals surface area contributed by atoms with E-state index in [0.29, 0.717) is 0 Å². The van der Waals surface area contributed by atoms with E-state index in [0.717, 1.165) is 37.0 Å². The van der Waals surface area contributed by atoms with Crippen LogP contribution in [0.15, 0.2) is 67.0 Å². The fourth-order valence-electron chi connectivity index (χ4n) is 2.80. The smallest absolute Gasteiger partial charge is 0.135 e. The summed E-state index contributed by atoms with van der Waals surface area (Å²) in [5, 5.41) is 6.66. The van der Waals surface area contributed by atoms with Crippen molar-refractivity contribution in [3.8, 4) is 0 Å². The van der Waals surface area contributed by atoms with Crippen molar-refractivity contribution in [1.82, 2.24) is 9.97 Å². The monoisotopic (exact) mass is 347 g/mol. The van der Waals surface area contributed by atoms with E-state index in [1.807, 2.05) is 24.3 Å². The molecule has 0 radical (unpaired) electrons. The molecule has 0 aliphatic rings. The zero-order valence-corrected chi connectivity index (χ0v) is 15.3. The summed E-state index contributed by atoms with van der Waals surface area (Å²) in [4.78, 5) is 10.9. The van der Waals surface area contributed by atoms with E-state index in [9.17, 15) is 0 Å². The number of nitrogens with zero attached hydrogens (tertiary/aromatic N) is 3. The van der Waals surface area contributed by atoms with Crippen LogP contribution < -0.4 is 15.5 Å². The maximum Gasteiger partial charge on any atom is 0.135 e. The van der Waals surface area contributed by atoms with Crippen molar-refractivity contribution in [2.24, 2.45) is 0 Å². The van der Waals surface area contributed by atoms with Crippen molar-refractivity contribution in [1.29, 1.82) is 0 Å². The lowest BCUT2D eigenvalue weighted by molar-refractivity contribution is 0.866. The molecule has 0 bridgehead atoms. The minimum absolute atomic E-state index is 0.732. The number of anilines is 4. The first-order chi connectivity index (χ1) is 12.8. The number of nitrogens with one attached hydrogen (secondary N) is 2. The zero-order valence-electron chi connectivity index (χ0n) is 15.3. The number of aromatic nitrogens is 2. The Labute approximate surface area is 155 Å². The molecule has 3 rings (SSSR count). The molecular formula is C21H25N5. The van der Waals surface area contributed by atoms with Crippen LogP contribution in [-0.2, 0) is 6.54 Å². The third-order valence-electron chi connectivity index (χ3n) is 4.25. The highest BCUT2D eigenvalue weighted by Gasteiger charge is 2.03. The van der Waals surface area contributed by atoms with Gasteiger partial charge in [0.2, 0.25) is 0 Å². The highest BCUT2D eigenvalue weighted by atomic mass is 15.1. The van der Waals surface area contributed by atoms with Crippen molar-refractivity contribution in [3.05, 3.63) is 72.6 Å². The van der Waals surface area contributed by atoms with Gasteiger partial charge in [-0.2, -0.15) is 0 Å². The van der Waals surface area contributed by atoms with Crippen LogP contribution in [0.3, 0.4) is 0 Å². The minimum Gasteiger partial charge on any atom is -0.372 e. The molecular weight excluding hydrogens is 322 g/mol. The van der Waals surface area contributed by atoms with Crippen molar-refractivity contribution in [2.45, 2.75) is 20.4 Å². The number of hydrogen-bond donors (Lipinski definition) is 2. The summed E-state index contributed by atoms with van der Waals surface area (Å²) < 4.78 is 0. The maximum absolute atomic E-state index is 4.31. The van der Waals surface area contributed by atoms with Gasteiger partial charge in [0, 0.05) is 37.1 Å². The van der Waals surface area contributed by atoms with Gasteiger partial charge in [0.25, 0.3) is 0 Å². The Balaban J connectivity index is 1.63. The third kappa shape index (κ3) is 4.72. The van der Waals surface area contributed by atoms with Gasteiger partial charge in [0.1, 0.15) is 18.0 Å². The van der Waals surface area contributed by atoms with Crippen LogP contribution in [0.5, 0.6) is 0 Å². The van der Waals surface area contributed by atoms with Crippen molar-refractivity contribution < 1.29 is 0 Å². The Kier molecular flexibility index (Phi) is 6.04.